The molecule has 0 fully saturated rings. The molecule has 29 heavy (non-hydrogen) atoms. The van der Waals surface area contributed by atoms with Crippen LogP contribution in [0.2, 0.25) is 0 Å². The molecule has 9 heteroatoms. The molecule has 0 unspecified atom stereocenters. The number of carbonyl (C=O) groups is 1. The summed E-state index contributed by atoms with van der Waals surface area (Å²) in [6.07, 6.45) is 0. The van der Waals surface area contributed by atoms with Gasteiger partial charge in [0.1, 0.15) is 5.82 Å². The second-order valence-electron chi connectivity index (χ2n) is 6.73. The van der Waals surface area contributed by atoms with Crippen LogP contribution < -0.4 is 10.9 Å². The maximum absolute atomic E-state index is 13.1. The number of carbonyl (C=O) groups excluding carboxylic acids is 1. The quantitative estimate of drug-likeness (QED) is 0.555. The van der Waals surface area contributed by atoms with Gasteiger partial charge in [-0.05, 0) is 48.7 Å². The highest BCUT2D eigenvalue weighted by molar-refractivity contribution is 6.02. The van der Waals surface area contributed by atoms with Crippen molar-refractivity contribution in [2.45, 2.75) is 20.4 Å². The maximum atomic E-state index is 13.1. The van der Waals surface area contributed by atoms with E-state index in [9.17, 15) is 14.0 Å². The van der Waals surface area contributed by atoms with Crippen molar-refractivity contribution in [1.29, 1.82) is 0 Å². The Morgan fingerprint density at radius 3 is 2.69 bits per heavy atom. The van der Waals surface area contributed by atoms with Gasteiger partial charge in [0.15, 0.2) is 11.2 Å². The summed E-state index contributed by atoms with van der Waals surface area (Å²) in [7, 11) is 0. The number of rotatable bonds is 4. The van der Waals surface area contributed by atoms with Gasteiger partial charge in [-0.1, -0.05) is 29.5 Å². The third kappa shape index (κ3) is 3.75. The molecule has 0 saturated heterocycles. The summed E-state index contributed by atoms with van der Waals surface area (Å²) in [5.41, 5.74) is 2.89. The van der Waals surface area contributed by atoms with E-state index >= 15 is 0 Å². The molecule has 0 bridgehead atoms. The number of halogens is 1. The molecule has 0 atom stereocenters. The first-order valence-electron chi connectivity index (χ1n) is 8.87. The van der Waals surface area contributed by atoms with Gasteiger partial charge in [-0.25, -0.2) is 14.1 Å². The van der Waals surface area contributed by atoms with Gasteiger partial charge < -0.3 is 10.3 Å². The van der Waals surface area contributed by atoms with Gasteiger partial charge in [0, 0.05) is 5.69 Å². The van der Waals surface area contributed by atoms with Crippen molar-refractivity contribution in [3.8, 4) is 0 Å². The Morgan fingerprint density at radius 2 is 1.93 bits per heavy atom. The second-order valence-corrected chi connectivity index (χ2v) is 6.73. The van der Waals surface area contributed by atoms with Crippen LogP contribution in [0.1, 0.15) is 27.3 Å². The lowest BCUT2D eigenvalue weighted by Crippen LogP contribution is -2.22. The Balaban J connectivity index is 1.68. The monoisotopic (exact) mass is 392 g/mol. The van der Waals surface area contributed by atoms with Crippen molar-refractivity contribution in [1.82, 2.24) is 25.0 Å². The number of nitrogens with zero attached hydrogens (tertiary/aromatic N) is 4. The minimum atomic E-state index is -0.563. The van der Waals surface area contributed by atoms with Crippen LogP contribution in [0.5, 0.6) is 0 Å². The smallest absolute Gasteiger partial charge is 0.291 e. The minimum Gasteiger partial charge on any atom is -0.319 e. The van der Waals surface area contributed by atoms with Gasteiger partial charge in [0.2, 0.25) is 5.82 Å². The number of H-pyrrole nitrogens is 1. The highest BCUT2D eigenvalue weighted by Gasteiger charge is 2.17. The van der Waals surface area contributed by atoms with Gasteiger partial charge in [-0.15, -0.1) is 5.10 Å². The zero-order chi connectivity index (χ0) is 20.5. The van der Waals surface area contributed by atoms with Gasteiger partial charge >= 0.3 is 0 Å². The van der Waals surface area contributed by atoms with Gasteiger partial charge in [-0.2, -0.15) is 0 Å². The first-order valence-corrected chi connectivity index (χ1v) is 8.87. The van der Waals surface area contributed by atoms with Gasteiger partial charge in [0.05, 0.1) is 6.54 Å². The first-order chi connectivity index (χ1) is 13.9. The molecule has 0 saturated carbocycles. The molecule has 0 spiro atoms. The van der Waals surface area contributed by atoms with Crippen LogP contribution in [0.25, 0.3) is 11.2 Å². The van der Waals surface area contributed by atoms with E-state index in [1.54, 1.807) is 12.1 Å². The topological polar surface area (TPSA) is 106 Å². The van der Waals surface area contributed by atoms with Crippen LogP contribution in [0.4, 0.5) is 10.1 Å². The van der Waals surface area contributed by atoms with Crippen LogP contribution in [0.3, 0.4) is 0 Å². The van der Waals surface area contributed by atoms with Crippen LogP contribution in [0, 0.1) is 19.7 Å². The number of hydrogen-bond donors (Lipinski definition) is 2. The summed E-state index contributed by atoms with van der Waals surface area (Å²) in [5.74, 6) is -1.05. The molecule has 1 amide bonds. The van der Waals surface area contributed by atoms with Crippen molar-refractivity contribution in [2.75, 3.05) is 5.32 Å². The molecule has 0 aliphatic carbocycles. The van der Waals surface area contributed by atoms with E-state index in [4.69, 9.17) is 0 Å². The normalized spacial score (nSPS) is 11.0. The van der Waals surface area contributed by atoms with Crippen molar-refractivity contribution in [3.05, 3.63) is 81.2 Å². The van der Waals surface area contributed by atoms with E-state index in [2.05, 4.69) is 25.6 Å². The molecule has 0 aliphatic heterocycles. The predicted molar refractivity (Wildman–Crippen MR) is 105 cm³/mol. The zero-order valence-electron chi connectivity index (χ0n) is 15.7. The molecular formula is C20H17FN6O2. The standard InChI is InChI=1S/C20H17FN6O2/c1-11-3-4-12(2)15(9-11)22-20(29)17-23-18-16(19(28)24-17)25-26-27(18)10-13-5-7-14(21)8-6-13/h3-9H,10H2,1-2H3,(H,22,29)(H,23,24,28). The molecular weight excluding hydrogens is 375 g/mol. The van der Waals surface area contributed by atoms with Crippen molar-refractivity contribution >= 4 is 22.8 Å². The lowest BCUT2D eigenvalue weighted by molar-refractivity contribution is 0.101. The van der Waals surface area contributed by atoms with Crippen molar-refractivity contribution < 1.29 is 9.18 Å². The number of hydrogen-bond acceptors (Lipinski definition) is 5. The Bertz CT molecular complexity index is 1280. The van der Waals surface area contributed by atoms with Gasteiger partial charge in [-0.3, -0.25) is 9.59 Å². The summed E-state index contributed by atoms with van der Waals surface area (Å²) in [4.78, 5) is 31.7. The van der Waals surface area contributed by atoms with Crippen LogP contribution in [0.15, 0.2) is 47.3 Å². The fourth-order valence-electron chi connectivity index (χ4n) is 2.90. The number of aromatic amines is 1. The first kappa shape index (κ1) is 18.5. The Morgan fingerprint density at radius 1 is 1.17 bits per heavy atom. The third-order valence-corrected chi connectivity index (χ3v) is 4.48. The van der Waals surface area contributed by atoms with Crippen molar-refractivity contribution in [3.63, 3.8) is 0 Å². The van der Waals surface area contributed by atoms with Crippen LogP contribution in [-0.4, -0.2) is 30.9 Å². The molecule has 8 nitrogen and oxygen atoms in total. The molecule has 4 aromatic rings. The summed E-state index contributed by atoms with van der Waals surface area (Å²) in [6.45, 7) is 4.02. The summed E-state index contributed by atoms with van der Waals surface area (Å²) in [5, 5.41) is 10.5. The molecule has 0 radical (unpaired) electrons. The second kappa shape index (κ2) is 7.27. The molecule has 146 valence electrons. The van der Waals surface area contributed by atoms with E-state index in [1.165, 1.54) is 16.8 Å². The minimum absolute atomic E-state index is 0.0235. The van der Waals surface area contributed by atoms with E-state index in [1.807, 2.05) is 32.0 Å². The molecule has 2 aromatic heterocycles. The van der Waals surface area contributed by atoms with E-state index < -0.39 is 11.5 Å². The molecule has 2 aromatic carbocycles. The van der Waals surface area contributed by atoms with E-state index in [0.717, 1.165) is 16.7 Å². The fourth-order valence-corrected chi connectivity index (χ4v) is 2.90. The molecule has 2 heterocycles. The number of aromatic nitrogens is 5. The Labute approximate surface area is 164 Å². The van der Waals surface area contributed by atoms with Crippen molar-refractivity contribution in [2.24, 2.45) is 0 Å². The summed E-state index contributed by atoms with van der Waals surface area (Å²) in [6, 6.07) is 11.5. The highest BCUT2D eigenvalue weighted by Crippen LogP contribution is 2.17. The SMILES string of the molecule is Cc1ccc(C)c(NC(=O)c2nc3c(nnn3Cc3ccc(F)cc3)c(=O)[nH]2)c1. The highest BCUT2D eigenvalue weighted by atomic mass is 19.1. The van der Waals surface area contributed by atoms with Crippen LogP contribution >= 0.6 is 0 Å². The summed E-state index contributed by atoms with van der Waals surface area (Å²) < 4.78 is 14.5. The number of benzene rings is 2. The Hall–Kier alpha value is -3.88. The lowest BCUT2D eigenvalue weighted by Gasteiger charge is -2.09. The number of amides is 1. The predicted octanol–water partition coefficient (Wildman–Crippen LogP) is 2.57. The van der Waals surface area contributed by atoms with E-state index in [-0.39, 0.29) is 29.4 Å². The number of nitrogens with one attached hydrogen (secondary N) is 2. The Kier molecular flexibility index (Phi) is 4.63. The summed E-state index contributed by atoms with van der Waals surface area (Å²) >= 11 is 0. The largest absolute Gasteiger partial charge is 0.319 e. The van der Waals surface area contributed by atoms with Gasteiger partial charge in [0.25, 0.3) is 11.5 Å². The lowest BCUT2D eigenvalue weighted by atomic mass is 10.1. The average Bonchev–Trinajstić information content (AvgIpc) is 3.10. The molecule has 0 aliphatic rings. The number of aryl methyl sites for hydroxylation is 2. The molecule has 4 rings (SSSR count). The third-order valence-electron chi connectivity index (χ3n) is 4.48. The average molecular weight is 392 g/mol. The number of fused-ring (bicyclic) bond motifs is 1. The maximum Gasteiger partial charge on any atom is 0.291 e. The van der Waals surface area contributed by atoms with E-state index in [0.29, 0.717) is 5.69 Å². The zero-order valence-corrected chi connectivity index (χ0v) is 15.7. The molecule has 2 N–H and O–H groups in total. The fraction of sp³-hybridized carbons (Fsp3) is 0.150. The number of anilines is 1. The van der Waals surface area contributed by atoms with Crippen LogP contribution in [-0.2, 0) is 6.54 Å².